The Bertz CT molecular complexity index is 610. The smallest absolute Gasteiger partial charge is 0.421 e. The number of carbonyl (C=O) groups is 1. The average molecular weight is 312 g/mol. The summed E-state index contributed by atoms with van der Waals surface area (Å²) in [5.74, 6) is -0.127. The molecule has 2 aromatic rings. The summed E-state index contributed by atoms with van der Waals surface area (Å²) in [6, 6.07) is 6.92. The van der Waals surface area contributed by atoms with Gasteiger partial charge in [0.15, 0.2) is 0 Å². The van der Waals surface area contributed by atoms with Gasteiger partial charge in [-0.15, -0.1) is 0 Å². The maximum atomic E-state index is 12.0. The first-order valence-electron chi connectivity index (χ1n) is 5.51. The third-order valence-corrected chi connectivity index (χ3v) is 2.81. The van der Waals surface area contributed by atoms with E-state index in [4.69, 9.17) is 4.74 Å². The molecule has 1 heterocycles. The molecule has 0 aliphatic carbocycles. The molecule has 0 bridgehead atoms. The van der Waals surface area contributed by atoms with E-state index in [0.29, 0.717) is 5.52 Å². The molecule has 0 radical (unpaired) electrons. The number of hydrogen-bond donors (Lipinski definition) is 1. The van der Waals surface area contributed by atoms with Crippen molar-refractivity contribution in [3.05, 3.63) is 28.7 Å². The predicted octanol–water partition coefficient (Wildman–Crippen LogP) is 3.89. The van der Waals surface area contributed by atoms with Gasteiger partial charge in [0.25, 0.3) is 0 Å². The number of aromatic hydroxyl groups is 1. The molecule has 1 aromatic carbocycles. The molecular formula is C13H14BrNO3. The van der Waals surface area contributed by atoms with E-state index in [1.165, 1.54) is 6.07 Å². The molecule has 0 saturated carbocycles. The first-order valence-corrected chi connectivity index (χ1v) is 6.30. The SMILES string of the molecule is CC(C)(C)OC(=O)n1c(O)cc2cc(Br)ccc21. The Kier molecular flexibility index (Phi) is 3.11. The molecule has 0 unspecified atom stereocenters. The second kappa shape index (κ2) is 4.31. The highest BCUT2D eigenvalue weighted by molar-refractivity contribution is 9.10. The lowest BCUT2D eigenvalue weighted by Crippen LogP contribution is -2.26. The van der Waals surface area contributed by atoms with E-state index < -0.39 is 11.7 Å². The second-order valence-electron chi connectivity index (χ2n) is 5.02. The average Bonchev–Trinajstić information content (AvgIpc) is 2.50. The van der Waals surface area contributed by atoms with Crippen LogP contribution in [0.4, 0.5) is 4.79 Å². The van der Waals surface area contributed by atoms with Crippen molar-refractivity contribution in [2.24, 2.45) is 0 Å². The van der Waals surface area contributed by atoms with Gasteiger partial charge in [0.2, 0.25) is 5.88 Å². The van der Waals surface area contributed by atoms with Crippen LogP contribution in [0.1, 0.15) is 20.8 Å². The van der Waals surface area contributed by atoms with Crippen LogP contribution in [0.2, 0.25) is 0 Å². The minimum atomic E-state index is -0.602. The van der Waals surface area contributed by atoms with Crippen molar-refractivity contribution in [1.82, 2.24) is 4.57 Å². The van der Waals surface area contributed by atoms with Gasteiger partial charge in [0.1, 0.15) is 5.60 Å². The summed E-state index contributed by atoms with van der Waals surface area (Å²) in [5.41, 5.74) is 0.0140. The van der Waals surface area contributed by atoms with Gasteiger partial charge in [-0.05, 0) is 39.0 Å². The minimum Gasteiger partial charge on any atom is -0.494 e. The Balaban J connectivity index is 2.51. The molecule has 0 amide bonds. The molecule has 5 heteroatoms. The predicted molar refractivity (Wildman–Crippen MR) is 72.9 cm³/mol. The van der Waals surface area contributed by atoms with Crippen molar-refractivity contribution in [3.8, 4) is 5.88 Å². The van der Waals surface area contributed by atoms with Gasteiger partial charge in [0.05, 0.1) is 5.52 Å². The highest BCUT2D eigenvalue weighted by Crippen LogP contribution is 2.28. The van der Waals surface area contributed by atoms with E-state index in [1.54, 1.807) is 26.8 Å². The lowest BCUT2D eigenvalue weighted by atomic mass is 10.2. The molecule has 0 fully saturated rings. The molecule has 96 valence electrons. The zero-order valence-electron chi connectivity index (χ0n) is 10.4. The van der Waals surface area contributed by atoms with E-state index >= 15 is 0 Å². The van der Waals surface area contributed by atoms with E-state index in [0.717, 1.165) is 14.4 Å². The fraction of sp³-hybridized carbons (Fsp3) is 0.308. The lowest BCUT2D eigenvalue weighted by Gasteiger charge is -2.20. The highest BCUT2D eigenvalue weighted by atomic mass is 79.9. The number of ether oxygens (including phenoxy) is 1. The number of rotatable bonds is 0. The first-order chi connectivity index (χ1) is 8.28. The quantitative estimate of drug-likeness (QED) is 0.803. The van der Waals surface area contributed by atoms with Gasteiger partial charge >= 0.3 is 6.09 Å². The molecule has 0 spiro atoms. The third-order valence-electron chi connectivity index (χ3n) is 2.32. The van der Waals surface area contributed by atoms with Crippen molar-refractivity contribution in [2.45, 2.75) is 26.4 Å². The fourth-order valence-corrected chi connectivity index (χ4v) is 2.05. The summed E-state index contributed by atoms with van der Waals surface area (Å²) in [6.07, 6.45) is -0.586. The van der Waals surface area contributed by atoms with E-state index in [-0.39, 0.29) is 5.88 Å². The molecule has 1 N–H and O–H groups in total. The topological polar surface area (TPSA) is 51.5 Å². The summed E-state index contributed by atoms with van der Waals surface area (Å²) in [6.45, 7) is 5.35. The van der Waals surface area contributed by atoms with Crippen LogP contribution in [0.5, 0.6) is 5.88 Å². The van der Waals surface area contributed by atoms with Crippen LogP contribution in [0, 0.1) is 0 Å². The maximum Gasteiger partial charge on any atom is 0.421 e. The molecule has 2 rings (SSSR count). The Labute approximate surface area is 113 Å². The molecule has 0 aliphatic rings. The van der Waals surface area contributed by atoms with Crippen LogP contribution < -0.4 is 0 Å². The highest BCUT2D eigenvalue weighted by Gasteiger charge is 2.21. The number of fused-ring (bicyclic) bond motifs is 1. The number of nitrogens with zero attached hydrogens (tertiary/aromatic N) is 1. The zero-order valence-corrected chi connectivity index (χ0v) is 12.0. The normalized spacial score (nSPS) is 11.8. The standard InChI is InChI=1S/C13H14BrNO3/c1-13(2,3)18-12(17)15-10-5-4-9(14)6-8(10)7-11(15)16/h4-7,16H,1-3H3. The molecule has 0 saturated heterocycles. The molecular weight excluding hydrogens is 298 g/mol. The summed E-state index contributed by atoms with van der Waals surface area (Å²) in [7, 11) is 0. The van der Waals surface area contributed by atoms with Crippen molar-refractivity contribution < 1.29 is 14.6 Å². The number of halogens is 1. The van der Waals surface area contributed by atoms with Gasteiger partial charge in [-0.2, -0.15) is 0 Å². The number of aromatic nitrogens is 1. The van der Waals surface area contributed by atoms with Crippen LogP contribution in [0.3, 0.4) is 0 Å². The molecule has 4 nitrogen and oxygen atoms in total. The zero-order chi connectivity index (χ0) is 13.5. The van der Waals surface area contributed by atoms with Crippen LogP contribution in [0.25, 0.3) is 10.9 Å². The van der Waals surface area contributed by atoms with Gasteiger partial charge < -0.3 is 9.84 Å². The third kappa shape index (κ3) is 2.51. The van der Waals surface area contributed by atoms with E-state index in [9.17, 15) is 9.90 Å². The number of carbonyl (C=O) groups excluding carboxylic acids is 1. The molecule has 0 atom stereocenters. The van der Waals surface area contributed by atoms with Gasteiger partial charge in [-0.1, -0.05) is 15.9 Å². The van der Waals surface area contributed by atoms with Crippen LogP contribution >= 0.6 is 15.9 Å². The monoisotopic (exact) mass is 311 g/mol. The van der Waals surface area contributed by atoms with Gasteiger partial charge in [-0.25, -0.2) is 9.36 Å². The lowest BCUT2D eigenvalue weighted by molar-refractivity contribution is 0.0533. The molecule has 18 heavy (non-hydrogen) atoms. The summed E-state index contributed by atoms with van der Waals surface area (Å²) >= 11 is 3.35. The van der Waals surface area contributed by atoms with Crippen molar-refractivity contribution in [2.75, 3.05) is 0 Å². The summed E-state index contributed by atoms with van der Waals surface area (Å²) in [4.78, 5) is 12.0. The Morgan fingerprint density at radius 1 is 1.33 bits per heavy atom. The number of hydrogen-bond acceptors (Lipinski definition) is 3. The van der Waals surface area contributed by atoms with E-state index in [1.807, 2.05) is 12.1 Å². The molecule has 1 aromatic heterocycles. The van der Waals surface area contributed by atoms with Gasteiger partial charge in [0, 0.05) is 15.9 Å². The second-order valence-corrected chi connectivity index (χ2v) is 5.94. The Morgan fingerprint density at radius 2 is 2.00 bits per heavy atom. The fourth-order valence-electron chi connectivity index (χ4n) is 1.67. The Hall–Kier alpha value is -1.49. The largest absolute Gasteiger partial charge is 0.494 e. The van der Waals surface area contributed by atoms with Crippen LogP contribution in [0.15, 0.2) is 28.7 Å². The first kappa shape index (κ1) is 13.0. The van der Waals surface area contributed by atoms with Crippen molar-refractivity contribution >= 4 is 32.9 Å². The van der Waals surface area contributed by atoms with Crippen LogP contribution in [-0.2, 0) is 4.74 Å². The number of benzene rings is 1. The molecule has 0 aliphatic heterocycles. The Morgan fingerprint density at radius 3 is 2.61 bits per heavy atom. The van der Waals surface area contributed by atoms with E-state index in [2.05, 4.69) is 15.9 Å². The summed E-state index contributed by atoms with van der Waals surface area (Å²) < 4.78 is 7.30. The van der Waals surface area contributed by atoms with Crippen molar-refractivity contribution in [3.63, 3.8) is 0 Å². The maximum absolute atomic E-state index is 12.0. The van der Waals surface area contributed by atoms with Gasteiger partial charge in [-0.3, -0.25) is 0 Å². The minimum absolute atomic E-state index is 0.127. The van der Waals surface area contributed by atoms with Crippen LogP contribution in [-0.4, -0.2) is 21.4 Å². The van der Waals surface area contributed by atoms with Crippen molar-refractivity contribution in [1.29, 1.82) is 0 Å². The summed E-state index contributed by atoms with van der Waals surface area (Å²) in [5, 5.41) is 10.6.